The number of halogens is 1. The monoisotopic (exact) mass is 245 g/mol. The zero-order valence-corrected chi connectivity index (χ0v) is 10.1. The van der Waals surface area contributed by atoms with E-state index in [4.69, 9.17) is 10.5 Å². The fourth-order valence-electron chi connectivity index (χ4n) is 0.986. The summed E-state index contributed by atoms with van der Waals surface area (Å²) in [4.78, 5) is 15.2. The Morgan fingerprint density at radius 2 is 2.31 bits per heavy atom. The molecule has 0 aliphatic heterocycles. The predicted octanol–water partition coefficient (Wildman–Crippen LogP) is 0.475. The molecule has 5 nitrogen and oxygen atoms in total. The first kappa shape index (κ1) is 14.7. The Bertz CT molecular complexity index is 327. The number of pyridine rings is 1. The van der Waals surface area contributed by atoms with Crippen LogP contribution >= 0.6 is 12.4 Å². The lowest BCUT2D eigenvalue weighted by molar-refractivity contribution is -0.122. The summed E-state index contributed by atoms with van der Waals surface area (Å²) in [7, 11) is 1.56. The highest BCUT2D eigenvalue weighted by molar-refractivity contribution is 5.85. The molecule has 1 amide bonds. The minimum atomic E-state index is -0.490. The summed E-state index contributed by atoms with van der Waals surface area (Å²) in [5, 5.41) is 2.69. The Kier molecular flexibility index (Phi) is 6.44. The van der Waals surface area contributed by atoms with Gasteiger partial charge in [-0.1, -0.05) is 6.07 Å². The Balaban J connectivity index is 0.00000225. The number of hydrogen-bond donors (Lipinski definition) is 2. The molecule has 1 atom stereocenters. The number of nitrogens with two attached hydrogens (primary N) is 1. The van der Waals surface area contributed by atoms with Gasteiger partial charge in [0.1, 0.15) is 0 Å². The van der Waals surface area contributed by atoms with E-state index in [-0.39, 0.29) is 18.3 Å². The molecule has 0 aliphatic carbocycles. The third-order valence-electron chi connectivity index (χ3n) is 1.89. The number of amides is 1. The smallest absolute Gasteiger partial charge is 0.236 e. The maximum absolute atomic E-state index is 11.2. The molecule has 3 N–H and O–H groups in total. The van der Waals surface area contributed by atoms with Crippen molar-refractivity contribution < 1.29 is 9.53 Å². The van der Waals surface area contributed by atoms with Gasteiger partial charge in [-0.3, -0.25) is 4.79 Å². The number of nitrogens with zero attached hydrogens (tertiary/aromatic N) is 1. The first-order valence-electron chi connectivity index (χ1n) is 4.65. The van der Waals surface area contributed by atoms with Gasteiger partial charge in [0, 0.05) is 18.8 Å². The predicted molar refractivity (Wildman–Crippen MR) is 63.5 cm³/mol. The van der Waals surface area contributed by atoms with Crippen LogP contribution in [0.2, 0.25) is 0 Å². The van der Waals surface area contributed by atoms with Crippen LogP contribution in [-0.2, 0) is 11.3 Å². The lowest BCUT2D eigenvalue weighted by Gasteiger charge is -2.07. The average molecular weight is 246 g/mol. The van der Waals surface area contributed by atoms with Crippen LogP contribution in [0.4, 0.5) is 0 Å². The first-order chi connectivity index (χ1) is 7.13. The van der Waals surface area contributed by atoms with Crippen LogP contribution in [0.5, 0.6) is 5.88 Å². The lowest BCUT2D eigenvalue weighted by atomic mass is 10.2. The summed E-state index contributed by atoms with van der Waals surface area (Å²) in [6.45, 7) is 2.07. The maximum Gasteiger partial charge on any atom is 0.236 e. The molecule has 0 fully saturated rings. The van der Waals surface area contributed by atoms with Gasteiger partial charge in [-0.15, -0.1) is 12.4 Å². The van der Waals surface area contributed by atoms with Crippen LogP contribution in [0.3, 0.4) is 0 Å². The minimum Gasteiger partial charge on any atom is -0.481 e. The molecule has 0 saturated heterocycles. The molecule has 0 bridgehead atoms. The van der Waals surface area contributed by atoms with Gasteiger partial charge in [0.2, 0.25) is 11.8 Å². The number of hydrogen-bond acceptors (Lipinski definition) is 4. The third kappa shape index (κ3) is 4.46. The second kappa shape index (κ2) is 7.03. The molecule has 0 radical (unpaired) electrons. The van der Waals surface area contributed by atoms with Crippen molar-refractivity contribution in [2.75, 3.05) is 7.11 Å². The van der Waals surface area contributed by atoms with Gasteiger partial charge in [0.15, 0.2) is 0 Å². The van der Waals surface area contributed by atoms with Crippen molar-refractivity contribution in [2.45, 2.75) is 19.5 Å². The molecule has 6 heteroatoms. The summed E-state index contributed by atoms with van der Waals surface area (Å²) in [5.74, 6) is 0.378. The zero-order valence-electron chi connectivity index (χ0n) is 9.27. The van der Waals surface area contributed by atoms with Crippen molar-refractivity contribution in [2.24, 2.45) is 5.73 Å². The summed E-state index contributed by atoms with van der Waals surface area (Å²) in [6, 6.07) is 3.09. The number of aromatic nitrogens is 1. The molecular formula is C10H16ClN3O2. The van der Waals surface area contributed by atoms with E-state index in [1.54, 1.807) is 26.3 Å². The van der Waals surface area contributed by atoms with Crippen LogP contribution in [-0.4, -0.2) is 24.0 Å². The molecule has 1 heterocycles. The van der Waals surface area contributed by atoms with Crippen LogP contribution in [0.25, 0.3) is 0 Å². The Labute approximate surface area is 101 Å². The maximum atomic E-state index is 11.2. The van der Waals surface area contributed by atoms with E-state index in [1.165, 1.54) is 0 Å². The number of nitrogens with one attached hydrogen (secondary N) is 1. The number of ether oxygens (including phenoxy) is 1. The number of methoxy groups -OCH3 is 1. The highest BCUT2D eigenvalue weighted by atomic mass is 35.5. The van der Waals surface area contributed by atoms with E-state index >= 15 is 0 Å². The van der Waals surface area contributed by atoms with E-state index in [0.717, 1.165) is 5.56 Å². The van der Waals surface area contributed by atoms with Gasteiger partial charge < -0.3 is 15.8 Å². The Morgan fingerprint density at radius 1 is 1.62 bits per heavy atom. The third-order valence-corrected chi connectivity index (χ3v) is 1.89. The molecule has 0 aromatic carbocycles. The molecule has 1 aromatic rings. The topological polar surface area (TPSA) is 77.2 Å². The van der Waals surface area contributed by atoms with Crippen LogP contribution < -0.4 is 15.8 Å². The van der Waals surface area contributed by atoms with E-state index < -0.39 is 6.04 Å². The fraction of sp³-hybridized carbons (Fsp3) is 0.400. The van der Waals surface area contributed by atoms with Crippen molar-refractivity contribution in [1.29, 1.82) is 0 Å². The van der Waals surface area contributed by atoms with Gasteiger partial charge >= 0.3 is 0 Å². The molecule has 0 aliphatic rings. The molecular weight excluding hydrogens is 230 g/mol. The molecule has 1 aromatic heterocycles. The Morgan fingerprint density at radius 3 is 2.75 bits per heavy atom. The first-order valence-corrected chi connectivity index (χ1v) is 4.65. The van der Waals surface area contributed by atoms with Gasteiger partial charge in [0.25, 0.3) is 0 Å². The molecule has 90 valence electrons. The summed E-state index contributed by atoms with van der Waals surface area (Å²) in [6.07, 6.45) is 1.65. The van der Waals surface area contributed by atoms with Crippen LogP contribution in [0.1, 0.15) is 12.5 Å². The SMILES string of the molecule is COc1ccc(CNC(=O)C(C)N)cn1.Cl. The summed E-state index contributed by atoms with van der Waals surface area (Å²) < 4.78 is 4.91. The van der Waals surface area contributed by atoms with E-state index in [1.807, 2.05) is 6.07 Å². The van der Waals surface area contributed by atoms with Gasteiger partial charge in [-0.05, 0) is 12.5 Å². The van der Waals surface area contributed by atoms with Crippen molar-refractivity contribution in [1.82, 2.24) is 10.3 Å². The zero-order chi connectivity index (χ0) is 11.3. The summed E-state index contributed by atoms with van der Waals surface area (Å²) in [5.41, 5.74) is 6.31. The van der Waals surface area contributed by atoms with E-state index in [0.29, 0.717) is 12.4 Å². The van der Waals surface area contributed by atoms with Gasteiger partial charge in [0.05, 0.1) is 13.2 Å². The van der Waals surface area contributed by atoms with Crippen LogP contribution in [0.15, 0.2) is 18.3 Å². The van der Waals surface area contributed by atoms with Crippen molar-refractivity contribution >= 4 is 18.3 Å². The van der Waals surface area contributed by atoms with Crippen molar-refractivity contribution in [3.8, 4) is 5.88 Å². The van der Waals surface area contributed by atoms with Crippen molar-refractivity contribution in [3.05, 3.63) is 23.9 Å². The highest BCUT2D eigenvalue weighted by Gasteiger charge is 2.06. The number of carbonyl (C=O) groups excluding carboxylic acids is 1. The number of rotatable bonds is 4. The average Bonchev–Trinajstić information content (AvgIpc) is 2.26. The normalized spacial score (nSPS) is 11.2. The largest absolute Gasteiger partial charge is 0.481 e. The molecule has 0 spiro atoms. The van der Waals surface area contributed by atoms with Crippen LogP contribution in [0, 0.1) is 0 Å². The number of carbonyl (C=O) groups is 1. The second-order valence-electron chi connectivity index (χ2n) is 3.22. The van der Waals surface area contributed by atoms with Crippen molar-refractivity contribution in [3.63, 3.8) is 0 Å². The molecule has 1 unspecified atom stereocenters. The summed E-state index contributed by atoms with van der Waals surface area (Å²) >= 11 is 0. The van der Waals surface area contributed by atoms with E-state index in [2.05, 4.69) is 10.3 Å². The highest BCUT2D eigenvalue weighted by Crippen LogP contribution is 2.05. The Hall–Kier alpha value is -1.33. The molecule has 0 saturated carbocycles. The second-order valence-corrected chi connectivity index (χ2v) is 3.22. The quantitative estimate of drug-likeness (QED) is 0.809. The lowest BCUT2D eigenvalue weighted by Crippen LogP contribution is -2.37. The van der Waals surface area contributed by atoms with Gasteiger partial charge in [-0.2, -0.15) is 0 Å². The molecule has 1 rings (SSSR count). The fourth-order valence-corrected chi connectivity index (χ4v) is 0.986. The van der Waals surface area contributed by atoms with E-state index in [9.17, 15) is 4.79 Å². The molecule has 16 heavy (non-hydrogen) atoms. The van der Waals surface area contributed by atoms with Gasteiger partial charge in [-0.25, -0.2) is 4.98 Å². The standard InChI is InChI=1S/C10H15N3O2.ClH/c1-7(11)10(14)13-6-8-3-4-9(15-2)12-5-8;/h3-5,7H,6,11H2,1-2H3,(H,13,14);1H. The minimum absolute atomic E-state index is 0.